The van der Waals surface area contributed by atoms with E-state index in [1.165, 1.54) is 6.92 Å². The van der Waals surface area contributed by atoms with Crippen LogP contribution in [0, 0.1) is 13.8 Å². The summed E-state index contributed by atoms with van der Waals surface area (Å²) < 4.78 is 23.5. The molecule has 1 aromatic carbocycles. The third-order valence-corrected chi connectivity index (χ3v) is 4.64. The van der Waals surface area contributed by atoms with Crippen LogP contribution in [0.2, 0.25) is 0 Å². The molecule has 1 aromatic rings. The molecule has 26 heavy (non-hydrogen) atoms. The van der Waals surface area contributed by atoms with Crippen molar-refractivity contribution in [1.82, 2.24) is 5.32 Å². The zero-order valence-electron chi connectivity index (χ0n) is 15.8. The molecule has 144 valence electrons. The number of ether oxygens (including phenoxy) is 4. The van der Waals surface area contributed by atoms with Crippen molar-refractivity contribution >= 4 is 5.91 Å². The molecule has 1 amide bonds. The highest BCUT2D eigenvalue weighted by Gasteiger charge is 2.52. The summed E-state index contributed by atoms with van der Waals surface area (Å²) in [5, 5.41) is 13.6. The smallest absolute Gasteiger partial charge is 0.223 e. The largest absolute Gasteiger partial charge is 0.462 e. The topological polar surface area (TPSA) is 86.3 Å². The number of aryl methyl sites for hydroxylation is 2. The van der Waals surface area contributed by atoms with E-state index in [4.69, 9.17) is 18.9 Å². The highest BCUT2D eigenvalue weighted by atomic mass is 16.8. The molecule has 0 bridgehead atoms. The summed E-state index contributed by atoms with van der Waals surface area (Å²) in [6, 6.07) is 5.09. The monoisotopic (exact) mass is 365 g/mol. The standard InChI is InChI=1S/C19H27NO6/c1-10-6-7-11(2)13(8-10)24-18-15(20-12(3)21)16(22)17-14(25-18)9-23-19(4,5)26-17/h6-8,14-18,22H,9H2,1-5H3,(H,20,21). The zero-order chi connectivity index (χ0) is 19.1. The van der Waals surface area contributed by atoms with Gasteiger partial charge in [-0.15, -0.1) is 0 Å². The van der Waals surface area contributed by atoms with Gasteiger partial charge in [0.05, 0.1) is 6.61 Å². The Morgan fingerprint density at radius 3 is 2.77 bits per heavy atom. The van der Waals surface area contributed by atoms with E-state index in [-0.39, 0.29) is 12.5 Å². The van der Waals surface area contributed by atoms with Gasteiger partial charge in [-0.3, -0.25) is 4.79 Å². The number of fused-ring (bicyclic) bond motifs is 1. The normalized spacial score (nSPS) is 33.2. The fourth-order valence-electron chi connectivity index (χ4n) is 3.29. The average molecular weight is 365 g/mol. The minimum absolute atomic E-state index is 0.272. The Morgan fingerprint density at radius 1 is 1.35 bits per heavy atom. The highest BCUT2D eigenvalue weighted by Crippen LogP contribution is 2.34. The molecule has 0 aliphatic carbocycles. The summed E-state index contributed by atoms with van der Waals surface area (Å²) in [5.74, 6) is -0.460. The molecule has 2 heterocycles. The van der Waals surface area contributed by atoms with Crippen LogP contribution in [0.4, 0.5) is 0 Å². The summed E-state index contributed by atoms with van der Waals surface area (Å²) >= 11 is 0. The molecule has 5 unspecified atom stereocenters. The summed E-state index contributed by atoms with van der Waals surface area (Å²) in [5.41, 5.74) is 1.98. The average Bonchev–Trinajstić information content (AvgIpc) is 2.54. The number of aliphatic hydroxyl groups is 1. The van der Waals surface area contributed by atoms with Gasteiger partial charge in [0.1, 0.15) is 30.1 Å². The van der Waals surface area contributed by atoms with E-state index in [0.29, 0.717) is 5.75 Å². The molecule has 7 heteroatoms. The number of aliphatic hydroxyl groups excluding tert-OH is 1. The van der Waals surface area contributed by atoms with E-state index >= 15 is 0 Å². The Hall–Kier alpha value is -1.67. The molecule has 5 atom stereocenters. The van der Waals surface area contributed by atoms with Gasteiger partial charge in [-0.25, -0.2) is 0 Å². The van der Waals surface area contributed by atoms with Crippen molar-refractivity contribution in [2.45, 2.75) is 71.0 Å². The van der Waals surface area contributed by atoms with E-state index in [1.807, 2.05) is 32.0 Å². The molecular weight excluding hydrogens is 338 g/mol. The number of rotatable bonds is 3. The van der Waals surface area contributed by atoms with Crippen LogP contribution in [-0.2, 0) is 19.0 Å². The second-order valence-corrected chi connectivity index (χ2v) is 7.44. The van der Waals surface area contributed by atoms with E-state index in [1.54, 1.807) is 13.8 Å². The lowest BCUT2D eigenvalue weighted by Crippen LogP contribution is -2.69. The van der Waals surface area contributed by atoms with Crippen molar-refractivity contribution in [2.24, 2.45) is 0 Å². The van der Waals surface area contributed by atoms with E-state index in [2.05, 4.69) is 5.32 Å². The Bertz CT molecular complexity index is 676. The van der Waals surface area contributed by atoms with E-state index in [9.17, 15) is 9.90 Å². The maximum absolute atomic E-state index is 11.7. The summed E-state index contributed by atoms with van der Waals surface area (Å²) in [6.45, 7) is 9.12. The first kappa shape index (κ1) is 19.1. The van der Waals surface area contributed by atoms with Gasteiger partial charge in [0.15, 0.2) is 5.79 Å². The van der Waals surface area contributed by atoms with Gasteiger partial charge >= 0.3 is 0 Å². The van der Waals surface area contributed by atoms with Crippen LogP contribution in [-0.4, -0.2) is 54.1 Å². The van der Waals surface area contributed by atoms with Crippen molar-refractivity contribution in [3.05, 3.63) is 29.3 Å². The highest BCUT2D eigenvalue weighted by molar-refractivity contribution is 5.73. The molecule has 2 aliphatic heterocycles. The van der Waals surface area contributed by atoms with Crippen molar-refractivity contribution in [2.75, 3.05) is 6.61 Å². The van der Waals surface area contributed by atoms with Gasteiger partial charge in [-0.05, 0) is 44.9 Å². The van der Waals surface area contributed by atoms with Gasteiger partial charge in [-0.1, -0.05) is 12.1 Å². The number of benzene rings is 1. The minimum atomic E-state index is -0.990. The predicted molar refractivity (Wildman–Crippen MR) is 93.7 cm³/mol. The van der Waals surface area contributed by atoms with Gasteiger partial charge in [-0.2, -0.15) is 0 Å². The lowest BCUT2D eigenvalue weighted by molar-refractivity contribution is -0.361. The Kier molecular flexibility index (Phi) is 5.25. The fraction of sp³-hybridized carbons (Fsp3) is 0.632. The quantitative estimate of drug-likeness (QED) is 0.843. The molecule has 7 nitrogen and oxygen atoms in total. The van der Waals surface area contributed by atoms with E-state index < -0.39 is 36.4 Å². The molecule has 3 rings (SSSR count). The molecule has 0 aromatic heterocycles. The summed E-state index contributed by atoms with van der Waals surface area (Å²) in [7, 11) is 0. The number of hydrogen-bond donors (Lipinski definition) is 2. The summed E-state index contributed by atoms with van der Waals surface area (Å²) in [6.07, 6.45) is -2.95. The van der Waals surface area contributed by atoms with Crippen molar-refractivity contribution in [3.63, 3.8) is 0 Å². The van der Waals surface area contributed by atoms with Crippen LogP contribution in [0.15, 0.2) is 18.2 Å². The maximum atomic E-state index is 11.7. The minimum Gasteiger partial charge on any atom is -0.462 e. The van der Waals surface area contributed by atoms with Gasteiger partial charge in [0.25, 0.3) is 0 Å². The molecule has 2 saturated heterocycles. The maximum Gasteiger partial charge on any atom is 0.223 e. The predicted octanol–water partition coefficient (Wildman–Crippen LogP) is 1.42. The molecule has 2 aliphatic rings. The Balaban J connectivity index is 1.85. The SMILES string of the molecule is CC(=O)NC1C(Oc2cc(C)ccc2C)OC2COC(C)(C)OC2C1O. The lowest BCUT2D eigenvalue weighted by atomic mass is 9.95. The van der Waals surface area contributed by atoms with Crippen molar-refractivity contribution in [3.8, 4) is 5.75 Å². The van der Waals surface area contributed by atoms with Crippen LogP contribution < -0.4 is 10.1 Å². The summed E-state index contributed by atoms with van der Waals surface area (Å²) in [4.78, 5) is 11.7. The molecule has 0 radical (unpaired) electrons. The van der Waals surface area contributed by atoms with E-state index in [0.717, 1.165) is 11.1 Å². The zero-order valence-corrected chi connectivity index (χ0v) is 15.8. The molecule has 2 N–H and O–H groups in total. The third-order valence-electron chi connectivity index (χ3n) is 4.64. The first-order valence-electron chi connectivity index (χ1n) is 8.82. The van der Waals surface area contributed by atoms with Gasteiger partial charge < -0.3 is 29.4 Å². The molecular formula is C19H27NO6. The number of nitrogens with one attached hydrogen (secondary N) is 1. The lowest BCUT2D eigenvalue weighted by Gasteiger charge is -2.49. The molecule has 2 fully saturated rings. The first-order chi connectivity index (χ1) is 12.2. The van der Waals surface area contributed by atoms with Crippen molar-refractivity contribution < 1.29 is 28.8 Å². The van der Waals surface area contributed by atoms with Gasteiger partial charge in [0.2, 0.25) is 12.2 Å². The number of amides is 1. The Morgan fingerprint density at radius 2 is 2.08 bits per heavy atom. The second-order valence-electron chi connectivity index (χ2n) is 7.44. The van der Waals surface area contributed by atoms with Crippen LogP contribution in [0.5, 0.6) is 5.75 Å². The van der Waals surface area contributed by atoms with Gasteiger partial charge in [0, 0.05) is 6.92 Å². The first-order valence-corrected chi connectivity index (χ1v) is 8.82. The number of hydrogen-bond acceptors (Lipinski definition) is 6. The molecule has 0 saturated carbocycles. The second kappa shape index (κ2) is 7.15. The third kappa shape index (κ3) is 4.01. The fourth-order valence-corrected chi connectivity index (χ4v) is 3.29. The van der Waals surface area contributed by atoms with Crippen LogP contribution in [0.1, 0.15) is 31.9 Å². The number of carbonyl (C=O) groups excluding carboxylic acids is 1. The molecule has 0 spiro atoms. The van der Waals surface area contributed by atoms with Crippen LogP contribution in [0.25, 0.3) is 0 Å². The number of carbonyl (C=O) groups is 1. The van der Waals surface area contributed by atoms with Crippen LogP contribution >= 0.6 is 0 Å². The van der Waals surface area contributed by atoms with Crippen molar-refractivity contribution in [1.29, 1.82) is 0 Å². The Labute approximate surface area is 153 Å². The van der Waals surface area contributed by atoms with Crippen LogP contribution in [0.3, 0.4) is 0 Å².